The number of ketones is 1. The molecule has 0 unspecified atom stereocenters. The number of hydrogen-bond donors (Lipinski definition) is 1. The summed E-state index contributed by atoms with van der Waals surface area (Å²) in [6.07, 6.45) is 1.64. The average Bonchev–Trinajstić information content (AvgIpc) is 3.03. The van der Waals surface area contributed by atoms with Crippen LogP contribution in [0.1, 0.15) is 41.4 Å². The molecule has 0 saturated heterocycles. The summed E-state index contributed by atoms with van der Waals surface area (Å²) in [7, 11) is 0. The van der Waals surface area contributed by atoms with E-state index in [0.29, 0.717) is 11.1 Å². The molecule has 122 valence electrons. The van der Waals surface area contributed by atoms with Crippen molar-refractivity contribution in [3.8, 4) is 0 Å². The van der Waals surface area contributed by atoms with E-state index in [-0.39, 0.29) is 5.78 Å². The Labute approximate surface area is 140 Å². The third-order valence-corrected chi connectivity index (χ3v) is 4.07. The smallest absolute Gasteiger partial charge is 0.303 e. The molecular formula is C20H19NO3. The zero-order valence-electron chi connectivity index (χ0n) is 13.7. The molecule has 1 aromatic heterocycles. The molecule has 0 aliphatic heterocycles. The number of fused-ring (bicyclic) bond motifs is 1. The molecule has 24 heavy (non-hydrogen) atoms. The van der Waals surface area contributed by atoms with E-state index < -0.39 is 12.1 Å². The van der Waals surface area contributed by atoms with Gasteiger partial charge in [-0.25, -0.2) is 0 Å². The van der Waals surface area contributed by atoms with Crippen molar-refractivity contribution in [2.75, 3.05) is 0 Å². The van der Waals surface area contributed by atoms with Gasteiger partial charge in [0.05, 0.1) is 0 Å². The van der Waals surface area contributed by atoms with E-state index >= 15 is 0 Å². The Balaban J connectivity index is 2.06. The quantitative estimate of drug-likeness (QED) is 0.565. The van der Waals surface area contributed by atoms with Gasteiger partial charge in [-0.1, -0.05) is 55.5 Å². The second-order valence-corrected chi connectivity index (χ2v) is 5.66. The van der Waals surface area contributed by atoms with Crippen LogP contribution in [-0.2, 0) is 16.0 Å². The Morgan fingerprint density at radius 2 is 1.83 bits per heavy atom. The molecule has 1 N–H and O–H groups in total. The van der Waals surface area contributed by atoms with E-state index in [9.17, 15) is 9.59 Å². The minimum atomic E-state index is -0.937. The summed E-state index contributed by atoms with van der Waals surface area (Å²) in [4.78, 5) is 27.7. The first kappa shape index (κ1) is 16.0. The molecule has 1 atom stereocenters. The molecule has 0 fully saturated rings. The van der Waals surface area contributed by atoms with Crippen molar-refractivity contribution in [2.24, 2.45) is 0 Å². The summed E-state index contributed by atoms with van der Waals surface area (Å²) in [5.41, 5.74) is 3.31. The monoisotopic (exact) mass is 321 g/mol. The van der Waals surface area contributed by atoms with E-state index in [1.54, 1.807) is 18.3 Å². The molecule has 4 nitrogen and oxygen atoms in total. The number of aryl methyl sites for hydroxylation is 1. The van der Waals surface area contributed by atoms with E-state index in [1.165, 1.54) is 6.92 Å². The third kappa shape index (κ3) is 2.95. The van der Waals surface area contributed by atoms with Gasteiger partial charge in [-0.05, 0) is 12.0 Å². The lowest BCUT2D eigenvalue weighted by atomic mass is 9.98. The van der Waals surface area contributed by atoms with Crippen molar-refractivity contribution < 1.29 is 14.3 Å². The highest BCUT2D eigenvalue weighted by atomic mass is 16.5. The molecule has 0 bridgehead atoms. The maximum Gasteiger partial charge on any atom is 0.303 e. The molecule has 2 aromatic carbocycles. The van der Waals surface area contributed by atoms with Gasteiger partial charge in [0, 0.05) is 35.2 Å². The summed E-state index contributed by atoms with van der Waals surface area (Å²) in [5.74, 6) is -0.706. The van der Waals surface area contributed by atoms with Crippen LogP contribution in [0.3, 0.4) is 0 Å². The fourth-order valence-corrected chi connectivity index (χ4v) is 2.92. The maximum absolute atomic E-state index is 13.1. The van der Waals surface area contributed by atoms with E-state index in [4.69, 9.17) is 4.74 Å². The van der Waals surface area contributed by atoms with Crippen LogP contribution in [0.2, 0.25) is 0 Å². The van der Waals surface area contributed by atoms with Crippen LogP contribution in [0.5, 0.6) is 0 Å². The average molecular weight is 321 g/mol. The van der Waals surface area contributed by atoms with Gasteiger partial charge in [-0.2, -0.15) is 0 Å². The molecule has 0 amide bonds. The number of Topliss-reactive ketones (excluding diaryl/α,β-unsaturated/α-hetero) is 1. The van der Waals surface area contributed by atoms with Gasteiger partial charge in [-0.15, -0.1) is 0 Å². The molecule has 4 heteroatoms. The Hall–Kier alpha value is -2.88. The molecule has 3 aromatic rings. The molecule has 0 spiro atoms. The number of esters is 1. The normalized spacial score (nSPS) is 12.1. The zero-order valence-corrected chi connectivity index (χ0v) is 13.7. The fourth-order valence-electron chi connectivity index (χ4n) is 2.92. The van der Waals surface area contributed by atoms with Crippen molar-refractivity contribution in [1.82, 2.24) is 4.98 Å². The Kier molecular flexibility index (Phi) is 4.47. The minimum Gasteiger partial charge on any atom is -0.449 e. The number of benzene rings is 2. The number of nitrogens with one attached hydrogen (secondary N) is 1. The summed E-state index contributed by atoms with van der Waals surface area (Å²) < 4.78 is 5.33. The first-order valence-electron chi connectivity index (χ1n) is 7.97. The fraction of sp³-hybridized carbons (Fsp3) is 0.200. The number of ether oxygens (including phenoxy) is 1. The summed E-state index contributed by atoms with van der Waals surface area (Å²) >= 11 is 0. The van der Waals surface area contributed by atoms with Crippen LogP contribution in [0, 0.1) is 0 Å². The summed E-state index contributed by atoms with van der Waals surface area (Å²) in [6.45, 7) is 3.39. The summed E-state index contributed by atoms with van der Waals surface area (Å²) in [5, 5.41) is 0.854. The zero-order chi connectivity index (χ0) is 17.1. The van der Waals surface area contributed by atoms with Crippen LogP contribution in [0.25, 0.3) is 10.9 Å². The third-order valence-electron chi connectivity index (χ3n) is 4.07. The van der Waals surface area contributed by atoms with Gasteiger partial charge in [0.15, 0.2) is 6.10 Å². The van der Waals surface area contributed by atoms with Crippen molar-refractivity contribution in [3.63, 3.8) is 0 Å². The molecule has 0 aliphatic rings. The first-order chi connectivity index (χ1) is 11.6. The molecule has 0 radical (unpaired) electrons. The van der Waals surface area contributed by atoms with Gasteiger partial charge in [0.25, 0.3) is 0 Å². The molecule has 1 heterocycles. The minimum absolute atomic E-state index is 0.226. The number of para-hydroxylation sites is 1. The largest absolute Gasteiger partial charge is 0.449 e. The number of aromatic nitrogens is 1. The standard InChI is InChI=1S/C20H19NO3/c1-3-14-10-7-11-16-17(12-21-18(14)16)19(23)20(24-13(2)22)15-8-5-4-6-9-15/h4-12,20-21H,3H2,1-2H3/t20-/m0/s1. The van der Waals surface area contributed by atoms with Crippen LogP contribution >= 0.6 is 0 Å². The lowest BCUT2D eigenvalue weighted by molar-refractivity contribution is -0.144. The lowest BCUT2D eigenvalue weighted by Gasteiger charge is -2.16. The van der Waals surface area contributed by atoms with E-state index in [1.807, 2.05) is 36.4 Å². The summed E-state index contributed by atoms with van der Waals surface area (Å²) in [6, 6.07) is 15.0. The second kappa shape index (κ2) is 6.71. The predicted octanol–water partition coefficient (Wildman–Crippen LogP) is 4.22. The van der Waals surface area contributed by atoms with Crippen molar-refractivity contribution >= 4 is 22.7 Å². The predicted molar refractivity (Wildman–Crippen MR) is 93.0 cm³/mol. The Morgan fingerprint density at radius 3 is 2.50 bits per heavy atom. The highest BCUT2D eigenvalue weighted by molar-refractivity contribution is 6.11. The topological polar surface area (TPSA) is 59.2 Å². The highest BCUT2D eigenvalue weighted by Crippen LogP contribution is 2.28. The number of H-pyrrole nitrogens is 1. The van der Waals surface area contributed by atoms with Gasteiger partial charge in [0.1, 0.15) is 0 Å². The van der Waals surface area contributed by atoms with Gasteiger partial charge < -0.3 is 9.72 Å². The van der Waals surface area contributed by atoms with E-state index in [2.05, 4.69) is 11.9 Å². The van der Waals surface area contributed by atoms with Crippen molar-refractivity contribution in [2.45, 2.75) is 26.4 Å². The van der Waals surface area contributed by atoms with Crippen LogP contribution in [-0.4, -0.2) is 16.7 Å². The second-order valence-electron chi connectivity index (χ2n) is 5.66. The Bertz CT molecular complexity index is 880. The number of aromatic amines is 1. The molecule has 3 rings (SSSR count). The number of hydrogen-bond acceptors (Lipinski definition) is 3. The van der Waals surface area contributed by atoms with Crippen LogP contribution in [0.15, 0.2) is 54.7 Å². The molecule has 0 aliphatic carbocycles. The van der Waals surface area contributed by atoms with Crippen LogP contribution < -0.4 is 0 Å². The van der Waals surface area contributed by atoms with Gasteiger partial charge >= 0.3 is 5.97 Å². The lowest BCUT2D eigenvalue weighted by Crippen LogP contribution is -2.18. The Morgan fingerprint density at radius 1 is 1.08 bits per heavy atom. The number of rotatable bonds is 5. The SMILES string of the molecule is CCc1cccc2c(C(=O)[C@@H](OC(C)=O)c3ccccc3)c[nH]c12. The van der Waals surface area contributed by atoms with Crippen LogP contribution in [0.4, 0.5) is 0 Å². The number of carbonyl (C=O) groups excluding carboxylic acids is 2. The van der Waals surface area contributed by atoms with Crippen molar-refractivity contribution in [3.05, 3.63) is 71.4 Å². The van der Waals surface area contributed by atoms with Gasteiger partial charge in [-0.3, -0.25) is 9.59 Å². The highest BCUT2D eigenvalue weighted by Gasteiger charge is 2.27. The van der Waals surface area contributed by atoms with Gasteiger partial charge in [0.2, 0.25) is 5.78 Å². The first-order valence-corrected chi connectivity index (χ1v) is 7.97. The molecule has 0 saturated carbocycles. The van der Waals surface area contributed by atoms with E-state index in [0.717, 1.165) is 22.9 Å². The number of carbonyl (C=O) groups is 2. The maximum atomic E-state index is 13.1. The molecular weight excluding hydrogens is 302 g/mol. The van der Waals surface area contributed by atoms with Crippen molar-refractivity contribution in [1.29, 1.82) is 0 Å².